The number of nitrogens with one attached hydrogen (secondary N) is 2. The van der Waals surface area contributed by atoms with Crippen molar-refractivity contribution in [3.63, 3.8) is 0 Å². The zero-order valence-electron chi connectivity index (χ0n) is 17.4. The number of rotatable bonds is 9. The van der Waals surface area contributed by atoms with Crippen LogP contribution in [0.15, 0.2) is 59.5 Å². The molecule has 0 saturated carbocycles. The Hall–Kier alpha value is -3.04. The molecular formula is C22H25FN4O3S. The molecule has 2 N–H and O–H groups in total. The predicted molar refractivity (Wildman–Crippen MR) is 118 cm³/mol. The maximum Gasteiger partial charge on any atom is 0.238 e. The second-order valence-electron chi connectivity index (χ2n) is 7.47. The van der Waals surface area contributed by atoms with Crippen molar-refractivity contribution in [1.29, 1.82) is 0 Å². The molecule has 7 nitrogen and oxygen atoms in total. The summed E-state index contributed by atoms with van der Waals surface area (Å²) < 4.78 is 36.0. The van der Waals surface area contributed by atoms with Crippen LogP contribution in [0, 0.1) is 5.82 Å². The second-order valence-corrected chi connectivity index (χ2v) is 9.49. The van der Waals surface area contributed by atoms with Crippen LogP contribution >= 0.6 is 0 Å². The van der Waals surface area contributed by atoms with E-state index in [4.69, 9.17) is 0 Å². The molecule has 1 heterocycles. The number of hydrogen-bond donors (Lipinski definition) is 2. The Kier molecular flexibility index (Phi) is 7.19. The number of carbonyl (C=O) groups is 1. The molecule has 0 fully saturated rings. The first-order chi connectivity index (χ1) is 14.7. The molecule has 0 radical (unpaired) electrons. The summed E-state index contributed by atoms with van der Waals surface area (Å²) in [5.41, 5.74) is 3.15. The Balaban J connectivity index is 1.42. The minimum absolute atomic E-state index is 0.172. The number of aromatic nitrogens is 2. The van der Waals surface area contributed by atoms with Crippen LogP contribution < -0.4 is 5.32 Å². The highest BCUT2D eigenvalue weighted by Gasteiger charge is 2.10. The number of benzene rings is 2. The second kappa shape index (κ2) is 9.84. The fourth-order valence-electron chi connectivity index (χ4n) is 3.11. The van der Waals surface area contributed by atoms with Gasteiger partial charge >= 0.3 is 0 Å². The lowest BCUT2D eigenvalue weighted by Crippen LogP contribution is -2.31. The number of H-pyrrole nitrogens is 1. The van der Waals surface area contributed by atoms with E-state index in [1.165, 1.54) is 24.3 Å². The van der Waals surface area contributed by atoms with Crippen LogP contribution in [0.5, 0.6) is 0 Å². The van der Waals surface area contributed by atoms with Crippen molar-refractivity contribution in [1.82, 2.24) is 15.1 Å². The molecule has 0 aliphatic rings. The Morgan fingerprint density at radius 1 is 1.13 bits per heavy atom. The Bertz CT molecular complexity index is 1130. The highest BCUT2D eigenvalue weighted by atomic mass is 32.2. The van der Waals surface area contributed by atoms with Gasteiger partial charge in [0.15, 0.2) is 9.84 Å². The van der Waals surface area contributed by atoms with Crippen LogP contribution in [-0.4, -0.2) is 55.8 Å². The van der Waals surface area contributed by atoms with Crippen LogP contribution in [0.4, 0.5) is 10.1 Å². The first kappa shape index (κ1) is 22.6. The van der Waals surface area contributed by atoms with Gasteiger partial charge in [0.1, 0.15) is 5.82 Å². The molecule has 1 amide bonds. The molecule has 164 valence electrons. The first-order valence-electron chi connectivity index (χ1n) is 9.79. The molecule has 31 heavy (non-hydrogen) atoms. The number of halogens is 1. The van der Waals surface area contributed by atoms with Crippen molar-refractivity contribution in [2.24, 2.45) is 0 Å². The molecule has 1 aromatic heterocycles. The maximum atomic E-state index is 13.0. The number of carbonyl (C=O) groups excluding carboxylic acids is 1. The van der Waals surface area contributed by atoms with Crippen molar-refractivity contribution < 1.29 is 17.6 Å². The fourth-order valence-corrected chi connectivity index (χ4v) is 3.74. The van der Waals surface area contributed by atoms with Gasteiger partial charge in [-0.1, -0.05) is 0 Å². The Morgan fingerprint density at radius 2 is 1.81 bits per heavy atom. The van der Waals surface area contributed by atoms with Gasteiger partial charge in [0, 0.05) is 23.2 Å². The van der Waals surface area contributed by atoms with E-state index in [0.29, 0.717) is 12.2 Å². The summed E-state index contributed by atoms with van der Waals surface area (Å²) in [6.07, 6.45) is 2.74. The van der Waals surface area contributed by atoms with E-state index in [1.807, 2.05) is 18.0 Å². The van der Waals surface area contributed by atoms with Gasteiger partial charge < -0.3 is 5.32 Å². The molecule has 3 rings (SSSR count). The van der Waals surface area contributed by atoms with Crippen LogP contribution in [0.3, 0.4) is 0 Å². The number of nitrogens with zero attached hydrogens (tertiary/aromatic N) is 2. The summed E-state index contributed by atoms with van der Waals surface area (Å²) in [6, 6.07) is 14.2. The largest absolute Gasteiger partial charge is 0.325 e. The smallest absolute Gasteiger partial charge is 0.238 e. The molecule has 0 unspecified atom stereocenters. The molecule has 0 bridgehead atoms. The van der Waals surface area contributed by atoms with E-state index < -0.39 is 9.84 Å². The van der Waals surface area contributed by atoms with Gasteiger partial charge in [-0.05, 0) is 81.0 Å². The number of likely N-dealkylation sites (N-methyl/N-ethyl adjacent to an activating group) is 1. The van der Waals surface area contributed by atoms with E-state index in [2.05, 4.69) is 15.5 Å². The first-order valence-corrected chi connectivity index (χ1v) is 11.7. The monoisotopic (exact) mass is 444 g/mol. The summed E-state index contributed by atoms with van der Waals surface area (Å²) in [6.45, 7) is 0.934. The van der Waals surface area contributed by atoms with Crippen LogP contribution in [0.1, 0.15) is 12.1 Å². The summed E-state index contributed by atoms with van der Waals surface area (Å²) >= 11 is 0. The van der Waals surface area contributed by atoms with E-state index in [0.717, 1.165) is 36.0 Å². The van der Waals surface area contributed by atoms with Gasteiger partial charge in [0.25, 0.3) is 0 Å². The van der Waals surface area contributed by atoms with Gasteiger partial charge in [-0.3, -0.25) is 14.8 Å². The fraction of sp³-hybridized carbons (Fsp3) is 0.273. The third-order valence-electron chi connectivity index (χ3n) is 4.74. The molecule has 2 aromatic carbocycles. The average Bonchev–Trinajstić information content (AvgIpc) is 3.17. The summed E-state index contributed by atoms with van der Waals surface area (Å²) in [5.74, 6) is -0.452. The SMILES string of the molecule is CN(CCCc1cc(-c2ccc(F)cc2)n[nH]1)CC(=O)Nc1ccc(S(C)(=O)=O)cc1. The standard InChI is InChI=1S/C22H25FN4O3S/c1-27(15-22(28)24-18-9-11-20(12-10-18)31(2,29)30)13-3-4-19-14-21(26-25-19)16-5-7-17(23)8-6-16/h5-12,14H,3-4,13,15H2,1-2H3,(H,24,28)(H,25,26). The quantitative estimate of drug-likeness (QED) is 0.529. The van der Waals surface area contributed by atoms with Gasteiger partial charge in [-0.2, -0.15) is 5.10 Å². The number of aromatic amines is 1. The van der Waals surface area contributed by atoms with Crippen LogP contribution in [0.25, 0.3) is 11.3 Å². The zero-order valence-corrected chi connectivity index (χ0v) is 18.2. The average molecular weight is 445 g/mol. The lowest BCUT2D eigenvalue weighted by molar-refractivity contribution is -0.117. The van der Waals surface area contributed by atoms with Crippen LogP contribution in [-0.2, 0) is 21.1 Å². The van der Waals surface area contributed by atoms with Crippen molar-refractivity contribution >= 4 is 21.4 Å². The molecule has 0 aliphatic heterocycles. The Morgan fingerprint density at radius 3 is 2.45 bits per heavy atom. The van der Waals surface area contributed by atoms with Gasteiger partial charge in [-0.25, -0.2) is 12.8 Å². The number of amides is 1. The highest BCUT2D eigenvalue weighted by molar-refractivity contribution is 7.90. The Labute approximate surface area is 181 Å². The van der Waals surface area contributed by atoms with Gasteiger partial charge in [-0.15, -0.1) is 0 Å². The summed E-state index contributed by atoms with van der Waals surface area (Å²) in [4.78, 5) is 14.3. The lowest BCUT2D eigenvalue weighted by atomic mass is 10.1. The van der Waals surface area contributed by atoms with E-state index in [9.17, 15) is 17.6 Å². The minimum Gasteiger partial charge on any atom is -0.325 e. The third-order valence-corrected chi connectivity index (χ3v) is 5.87. The van der Waals surface area contributed by atoms with Gasteiger partial charge in [0.05, 0.1) is 17.1 Å². The predicted octanol–water partition coefficient (Wildman–Crippen LogP) is 3.12. The highest BCUT2D eigenvalue weighted by Crippen LogP contribution is 2.18. The molecule has 0 aliphatic carbocycles. The summed E-state index contributed by atoms with van der Waals surface area (Å²) in [7, 11) is -1.40. The zero-order chi connectivity index (χ0) is 22.4. The molecule has 3 aromatic rings. The van der Waals surface area contributed by atoms with Gasteiger partial charge in [0.2, 0.25) is 5.91 Å². The number of aryl methyl sites for hydroxylation is 1. The van der Waals surface area contributed by atoms with E-state index >= 15 is 0 Å². The molecule has 0 spiro atoms. The number of sulfone groups is 1. The molecule has 9 heteroatoms. The van der Waals surface area contributed by atoms with E-state index in [1.54, 1.807) is 24.3 Å². The van der Waals surface area contributed by atoms with Crippen molar-refractivity contribution in [2.75, 3.05) is 31.7 Å². The molecular weight excluding hydrogens is 419 g/mol. The minimum atomic E-state index is -3.26. The maximum absolute atomic E-state index is 13.0. The lowest BCUT2D eigenvalue weighted by Gasteiger charge is -2.16. The number of hydrogen-bond acceptors (Lipinski definition) is 5. The molecule has 0 saturated heterocycles. The molecule has 0 atom stereocenters. The number of anilines is 1. The third kappa shape index (κ3) is 6.73. The van der Waals surface area contributed by atoms with Crippen LogP contribution in [0.2, 0.25) is 0 Å². The van der Waals surface area contributed by atoms with Crippen molar-refractivity contribution in [2.45, 2.75) is 17.7 Å². The van der Waals surface area contributed by atoms with Crippen molar-refractivity contribution in [3.8, 4) is 11.3 Å². The summed E-state index contributed by atoms with van der Waals surface area (Å²) in [5, 5.41) is 10.0. The normalized spacial score (nSPS) is 11.6. The topological polar surface area (TPSA) is 95.2 Å². The van der Waals surface area contributed by atoms with E-state index in [-0.39, 0.29) is 23.2 Å². The van der Waals surface area contributed by atoms with Crippen molar-refractivity contribution in [3.05, 3.63) is 66.1 Å².